The van der Waals surface area contributed by atoms with Crippen LogP contribution in [0.15, 0.2) is 18.2 Å². The Bertz CT molecular complexity index is 1130. The number of methoxy groups -OCH3 is 1. The van der Waals surface area contributed by atoms with Gasteiger partial charge in [-0.3, -0.25) is 9.52 Å². The zero-order chi connectivity index (χ0) is 25.1. The van der Waals surface area contributed by atoms with Crippen LogP contribution in [0.3, 0.4) is 0 Å². The molecule has 1 amide bonds. The lowest BCUT2D eigenvalue weighted by atomic mass is 9.95. The molecular formula is C21H28F3N5O4S. The van der Waals surface area contributed by atoms with Gasteiger partial charge >= 0.3 is 6.18 Å². The number of nitrogens with zero attached hydrogens (tertiary/aromatic N) is 3. The van der Waals surface area contributed by atoms with Crippen LogP contribution in [-0.2, 0) is 27.5 Å². The summed E-state index contributed by atoms with van der Waals surface area (Å²) in [6.45, 7) is 1.42. The van der Waals surface area contributed by atoms with Gasteiger partial charge in [-0.1, -0.05) is 25.3 Å². The number of amides is 1. The van der Waals surface area contributed by atoms with E-state index in [2.05, 4.69) is 20.1 Å². The van der Waals surface area contributed by atoms with Crippen molar-refractivity contribution in [3.8, 4) is 5.75 Å². The molecule has 13 heteroatoms. The average molecular weight is 504 g/mol. The standard InChI is InChI=1S/C21H28F3N5O4S/c1-13(14-9-10-16(17(11-14)33-2)28-34(3,31)32)19(30)25-12-18-26-20(21(22,23)24)27-29(18)15-7-5-4-6-8-15/h9-11,13,15,28H,4-8,12H2,1-3H3,(H,25,30). The number of nitrogens with one attached hydrogen (secondary N) is 2. The third-order valence-corrected chi connectivity index (χ3v) is 6.30. The number of hydrogen-bond donors (Lipinski definition) is 2. The lowest BCUT2D eigenvalue weighted by molar-refractivity contribution is -0.145. The zero-order valence-corrected chi connectivity index (χ0v) is 20.0. The van der Waals surface area contributed by atoms with Crippen molar-refractivity contribution in [3.63, 3.8) is 0 Å². The topological polar surface area (TPSA) is 115 Å². The first-order chi connectivity index (χ1) is 15.9. The molecule has 1 unspecified atom stereocenters. The van der Waals surface area contributed by atoms with Gasteiger partial charge in [0.2, 0.25) is 15.9 Å². The molecule has 0 aliphatic heterocycles. The Morgan fingerprint density at radius 1 is 1.26 bits per heavy atom. The fourth-order valence-corrected chi connectivity index (χ4v) is 4.51. The summed E-state index contributed by atoms with van der Waals surface area (Å²) < 4.78 is 71.5. The van der Waals surface area contributed by atoms with Crippen LogP contribution in [0.4, 0.5) is 18.9 Å². The summed E-state index contributed by atoms with van der Waals surface area (Å²) in [5, 5.41) is 6.35. The Balaban J connectivity index is 1.75. The second-order valence-corrected chi connectivity index (χ2v) is 10.1. The fourth-order valence-electron chi connectivity index (χ4n) is 3.95. The van der Waals surface area contributed by atoms with Crippen molar-refractivity contribution in [2.45, 2.75) is 63.7 Å². The van der Waals surface area contributed by atoms with Gasteiger partial charge in [-0.25, -0.2) is 18.1 Å². The van der Waals surface area contributed by atoms with Gasteiger partial charge in [0.25, 0.3) is 5.82 Å². The molecule has 3 rings (SSSR count). The number of halogens is 3. The smallest absolute Gasteiger partial charge is 0.453 e. The highest BCUT2D eigenvalue weighted by Gasteiger charge is 2.38. The quantitative estimate of drug-likeness (QED) is 0.569. The van der Waals surface area contributed by atoms with Crippen LogP contribution in [0.5, 0.6) is 5.75 Å². The number of alkyl halides is 3. The molecule has 2 aromatic rings. The van der Waals surface area contributed by atoms with Gasteiger partial charge in [-0.15, -0.1) is 5.10 Å². The van der Waals surface area contributed by atoms with E-state index in [1.807, 2.05) is 0 Å². The van der Waals surface area contributed by atoms with E-state index in [4.69, 9.17) is 4.74 Å². The molecule has 1 aliphatic carbocycles. The molecule has 188 valence electrons. The van der Waals surface area contributed by atoms with Crippen molar-refractivity contribution in [1.29, 1.82) is 0 Å². The van der Waals surface area contributed by atoms with Gasteiger partial charge < -0.3 is 10.1 Å². The highest BCUT2D eigenvalue weighted by molar-refractivity contribution is 7.92. The van der Waals surface area contributed by atoms with Crippen LogP contribution in [0.1, 0.15) is 68.2 Å². The number of carbonyl (C=O) groups is 1. The monoisotopic (exact) mass is 503 g/mol. The molecule has 0 spiro atoms. The minimum atomic E-state index is -4.68. The molecule has 1 atom stereocenters. The van der Waals surface area contributed by atoms with E-state index in [1.165, 1.54) is 23.9 Å². The molecule has 1 heterocycles. The molecular weight excluding hydrogens is 475 g/mol. The van der Waals surface area contributed by atoms with Crippen molar-refractivity contribution in [1.82, 2.24) is 20.1 Å². The average Bonchev–Trinajstić information content (AvgIpc) is 3.21. The Morgan fingerprint density at radius 3 is 2.53 bits per heavy atom. The fraction of sp³-hybridized carbons (Fsp3) is 0.571. The molecule has 0 bridgehead atoms. The van der Waals surface area contributed by atoms with Crippen LogP contribution in [-0.4, -0.2) is 42.5 Å². The van der Waals surface area contributed by atoms with Gasteiger partial charge in [-0.05, 0) is 37.5 Å². The first-order valence-corrected chi connectivity index (χ1v) is 12.7. The number of benzene rings is 1. The van der Waals surface area contributed by atoms with Crippen LogP contribution in [0, 0.1) is 0 Å². The summed E-state index contributed by atoms with van der Waals surface area (Å²) in [4.78, 5) is 16.4. The molecule has 9 nitrogen and oxygen atoms in total. The van der Waals surface area contributed by atoms with E-state index in [0.29, 0.717) is 18.4 Å². The van der Waals surface area contributed by atoms with E-state index in [0.717, 1.165) is 25.5 Å². The van der Waals surface area contributed by atoms with E-state index in [9.17, 15) is 26.4 Å². The third kappa shape index (κ3) is 6.39. The van der Waals surface area contributed by atoms with Crippen LogP contribution >= 0.6 is 0 Å². The number of aromatic nitrogens is 3. The van der Waals surface area contributed by atoms with Gasteiger partial charge in [0.05, 0.1) is 37.6 Å². The van der Waals surface area contributed by atoms with E-state index in [1.54, 1.807) is 13.0 Å². The molecule has 1 aliphatic rings. The lowest BCUT2D eigenvalue weighted by Gasteiger charge is -2.23. The predicted octanol–water partition coefficient (Wildman–Crippen LogP) is 3.60. The molecule has 34 heavy (non-hydrogen) atoms. The van der Waals surface area contributed by atoms with Gasteiger partial charge in [0.1, 0.15) is 11.6 Å². The number of anilines is 1. The summed E-state index contributed by atoms with van der Waals surface area (Å²) >= 11 is 0. The summed E-state index contributed by atoms with van der Waals surface area (Å²) in [5.41, 5.74) is 0.764. The number of sulfonamides is 1. The van der Waals surface area contributed by atoms with Crippen LogP contribution < -0.4 is 14.8 Å². The molecule has 1 fully saturated rings. The van der Waals surface area contributed by atoms with E-state index < -0.39 is 33.8 Å². The minimum absolute atomic E-state index is 0.0602. The molecule has 1 aromatic carbocycles. The zero-order valence-electron chi connectivity index (χ0n) is 19.1. The maximum Gasteiger partial charge on any atom is 0.453 e. The molecule has 1 aromatic heterocycles. The van der Waals surface area contributed by atoms with Gasteiger partial charge in [0.15, 0.2) is 0 Å². The van der Waals surface area contributed by atoms with Crippen molar-refractivity contribution in [2.75, 3.05) is 18.1 Å². The second kappa shape index (κ2) is 10.2. The van der Waals surface area contributed by atoms with Crippen LogP contribution in [0.25, 0.3) is 0 Å². The molecule has 1 saturated carbocycles. The lowest BCUT2D eigenvalue weighted by Crippen LogP contribution is -2.29. The predicted molar refractivity (Wildman–Crippen MR) is 119 cm³/mol. The van der Waals surface area contributed by atoms with Crippen molar-refractivity contribution in [2.24, 2.45) is 0 Å². The summed E-state index contributed by atoms with van der Waals surface area (Å²) in [7, 11) is -2.16. The Kier molecular flexibility index (Phi) is 7.74. The number of carbonyl (C=O) groups excluding carboxylic acids is 1. The maximum absolute atomic E-state index is 13.2. The van der Waals surface area contributed by atoms with Gasteiger partial charge in [-0.2, -0.15) is 13.2 Å². The highest BCUT2D eigenvalue weighted by Crippen LogP contribution is 2.32. The SMILES string of the molecule is COc1cc(C(C)C(=O)NCc2nc(C(F)(F)F)nn2C2CCCCC2)ccc1NS(C)(=O)=O. The van der Waals surface area contributed by atoms with Crippen LogP contribution in [0.2, 0.25) is 0 Å². The largest absolute Gasteiger partial charge is 0.495 e. The first kappa shape index (κ1) is 25.8. The Morgan fingerprint density at radius 2 is 1.94 bits per heavy atom. The summed E-state index contributed by atoms with van der Waals surface area (Å²) in [5.74, 6) is -2.04. The Hall–Kier alpha value is -2.83. The molecule has 0 saturated heterocycles. The van der Waals surface area contributed by atoms with Crippen molar-refractivity contribution >= 4 is 21.6 Å². The van der Waals surface area contributed by atoms with Crippen molar-refractivity contribution in [3.05, 3.63) is 35.4 Å². The first-order valence-electron chi connectivity index (χ1n) is 10.8. The third-order valence-electron chi connectivity index (χ3n) is 5.71. The highest BCUT2D eigenvalue weighted by atomic mass is 32.2. The van der Waals surface area contributed by atoms with Gasteiger partial charge in [0, 0.05) is 0 Å². The number of ether oxygens (including phenoxy) is 1. The molecule has 2 N–H and O–H groups in total. The number of hydrogen-bond acceptors (Lipinski definition) is 6. The Labute approximate surface area is 196 Å². The minimum Gasteiger partial charge on any atom is -0.495 e. The number of rotatable bonds is 8. The maximum atomic E-state index is 13.2. The second-order valence-electron chi connectivity index (χ2n) is 8.36. The van der Waals surface area contributed by atoms with E-state index >= 15 is 0 Å². The summed E-state index contributed by atoms with van der Waals surface area (Å²) in [6.07, 6.45) is 0.596. The molecule has 0 radical (unpaired) electrons. The van der Waals surface area contributed by atoms with E-state index in [-0.39, 0.29) is 29.8 Å². The van der Waals surface area contributed by atoms with Crippen molar-refractivity contribution < 1.29 is 31.1 Å². The summed E-state index contributed by atoms with van der Waals surface area (Å²) in [6, 6.07) is 4.41. The normalized spacial score (nSPS) is 16.2.